The van der Waals surface area contributed by atoms with Gasteiger partial charge in [-0.15, -0.1) is 0 Å². The van der Waals surface area contributed by atoms with Gasteiger partial charge in [0.05, 0.1) is 10.9 Å². The fraction of sp³-hybridized carbons (Fsp3) is 0.448. The van der Waals surface area contributed by atoms with Crippen molar-refractivity contribution in [1.82, 2.24) is 15.1 Å². The number of rotatable bonds is 7. The van der Waals surface area contributed by atoms with Gasteiger partial charge in [0.25, 0.3) is 5.91 Å². The summed E-state index contributed by atoms with van der Waals surface area (Å²) < 4.78 is 11.5. The number of fused-ring (bicyclic) bond motifs is 1. The SMILES string of the molecule is CN1CCN(C2(CNC(=O)COc3ccc4c(=O)c(-c5ccccc5)coc4c3)CCCCC2)CC1. The highest BCUT2D eigenvalue weighted by molar-refractivity contribution is 5.83. The third-order valence-corrected chi connectivity index (χ3v) is 7.77. The predicted octanol–water partition coefficient (Wildman–Crippen LogP) is 3.91. The average Bonchev–Trinajstić information content (AvgIpc) is 2.92. The molecular formula is C29H35N3O4. The molecule has 1 aromatic heterocycles. The van der Waals surface area contributed by atoms with Crippen LogP contribution in [0, 0.1) is 0 Å². The molecule has 0 radical (unpaired) electrons. The number of nitrogens with one attached hydrogen (secondary N) is 1. The van der Waals surface area contributed by atoms with Gasteiger partial charge in [0.15, 0.2) is 12.0 Å². The minimum Gasteiger partial charge on any atom is -0.484 e. The van der Waals surface area contributed by atoms with Gasteiger partial charge in [0.2, 0.25) is 0 Å². The van der Waals surface area contributed by atoms with Crippen LogP contribution in [0.2, 0.25) is 0 Å². The summed E-state index contributed by atoms with van der Waals surface area (Å²) in [5.74, 6) is 0.370. The Morgan fingerprint density at radius 1 is 1.03 bits per heavy atom. The van der Waals surface area contributed by atoms with Gasteiger partial charge in [-0.05, 0) is 37.6 Å². The van der Waals surface area contributed by atoms with Crippen molar-refractivity contribution in [2.24, 2.45) is 0 Å². The first kappa shape index (κ1) is 24.5. The Morgan fingerprint density at radius 3 is 2.53 bits per heavy atom. The zero-order valence-corrected chi connectivity index (χ0v) is 21.0. The molecule has 2 heterocycles. The van der Waals surface area contributed by atoms with Gasteiger partial charge >= 0.3 is 0 Å². The first-order valence-electron chi connectivity index (χ1n) is 13.0. The van der Waals surface area contributed by atoms with Crippen molar-refractivity contribution in [3.63, 3.8) is 0 Å². The van der Waals surface area contributed by atoms with Crippen molar-refractivity contribution in [3.05, 3.63) is 65.0 Å². The van der Waals surface area contributed by atoms with E-state index in [0.29, 0.717) is 28.8 Å². The molecule has 2 fully saturated rings. The van der Waals surface area contributed by atoms with E-state index in [2.05, 4.69) is 22.2 Å². The van der Waals surface area contributed by atoms with Gasteiger partial charge in [0.1, 0.15) is 17.6 Å². The number of likely N-dealkylation sites (N-methyl/N-ethyl adjacent to an activating group) is 1. The van der Waals surface area contributed by atoms with Crippen LogP contribution in [0.25, 0.3) is 22.1 Å². The van der Waals surface area contributed by atoms with E-state index in [9.17, 15) is 9.59 Å². The minimum absolute atomic E-state index is 0.0536. The monoisotopic (exact) mass is 489 g/mol. The molecule has 0 unspecified atom stereocenters. The van der Waals surface area contributed by atoms with E-state index in [-0.39, 0.29) is 23.5 Å². The van der Waals surface area contributed by atoms with E-state index < -0.39 is 0 Å². The van der Waals surface area contributed by atoms with Crippen LogP contribution in [0.1, 0.15) is 32.1 Å². The Labute approximate surface area is 212 Å². The summed E-state index contributed by atoms with van der Waals surface area (Å²) in [6.45, 7) is 4.84. The number of hydrogen-bond donors (Lipinski definition) is 1. The van der Waals surface area contributed by atoms with Crippen LogP contribution >= 0.6 is 0 Å². The lowest BCUT2D eigenvalue weighted by Gasteiger charge is -2.49. The maximum Gasteiger partial charge on any atom is 0.258 e. The topological polar surface area (TPSA) is 75.0 Å². The maximum atomic E-state index is 12.9. The van der Waals surface area contributed by atoms with Crippen molar-refractivity contribution in [3.8, 4) is 16.9 Å². The van der Waals surface area contributed by atoms with Crippen molar-refractivity contribution < 1.29 is 13.9 Å². The molecule has 1 saturated carbocycles. The number of ether oxygens (including phenoxy) is 1. The highest BCUT2D eigenvalue weighted by Gasteiger charge is 2.39. The third kappa shape index (κ3) is 5.32. The summed E-state index contributed by atoms with van der Waals surface area (Å²) in [6, 6.07) is 14.5. The standard InChI is InChI=1S/C29H35N3O4/c1-31-14-16-32(17-15-31)29(12-6-3-7-13-29)21-30-27(33)20-35-23-10-11-24-26(18-23)36-19-25(28(24)34)22-8-4-2-5-9-22/h2,4-5,8-11,18-19H,3,6-7,12-17,20-21H2,1H3,(H,30,33). The molecule has 0 atom stereocenters. The summed E-state index contributed by atoms with van der Waals surface area (Å²) in [6.07, 6.45) is 7.45. The van der Waals surface area contributed by atoms with E-state index >= 15 is 0 Å². The van der Waals surface area contributed by atoms with Crippen molar-refractivity contribution in [2.75, 3.05) is 46.4 Å². The minimum atomic E-state index is -0.130. The molecule has 7 nitrogen and oxygen atoms in total. The van der Waals surface area contributed by atoms with Crippen molar-refractivity contribution >= 4 is 16.9 Å². The van der Waals surface area contributed by atoms with Crippen molar-refractivity contribution in [2.45, 2.75) is 37.6 Å². The van der Waals surface area contributed by atoms with E-state index in [1.807, 2.05) is 30.3 Å². The summed E-state index contributed by atoms with van der Waals surface area (Å²) in [5, 5.41) is 3.64. The Balaban J connectivity index is 1.21. The summed E-state index contributed by atoms with van der Waals surface area (Å²) in [7, 11) is 2.17. The molecule has 1 amide bonds. The second kappa shape index (κ2) is 10.8. The molecule has 0 bridgehead atoms. The van der Waals surface area contributed by atoms with Crippen LogP contribution in [-0.2, 0) is 4.79 Å². The molecule has 2 aromatic carbocycles. The molecule has 1 saturated heterocycles. The second-order valence-electron chi connectivity index (χ2n) is 10.1. The van der Waals surface area contributed by atoms with Crippen LogP contribution in [0.4, 0.5) is 0 Å². The highest BCUT2D eigenvalue weighted by atomic mass is 16.5. The van der Waals surface area contributed by atoms with Gasteiger partial charge < -0.3 is 19.4 Å². The highest BCUT2D eigenvalue weighted by Crippen LogP contribution is 2.34. The van der Waals surface area contributed by atoms with Gasteiger partial charge in [-0.1, -0.05) is 49.6 Å². The fourth-order valence-electron chi connectivity index (χ4n) is 5.57. The summed E-state index contributed by atoms with van der Waals surface area (Å²) in [4.78, 5) is 30.6. The van der Waals surface area contributed by atoms with Crippen LogP contribution < -0.4 is 15.5 Å². The lowest BCUT2D eigenvalue weighted by molar-refractivity contribution is -0.124. The van der Waals surface area contributed by atoms with Gasteiger partial charge in [-0.3, -0.25) is 14.5 Å². The Morgan fingerprint density at radius 2 is 1.78 bits per heavy atom. The molecule has 190 valence electrons. The number of benzene rings is 2. The number of hydrogen-bond acceptors (Lipinski definition) is 6. The number of amides is 1. The van der Waals surface area contributed by atoms with Gasteiger partial charge in [-0.2, -0.15) is 0 Å². The van der Waals surface area contributed by atoms with Crippen LogP contribution in [-0.4, -0.2) is 67.6 Å². The van der Waals surface area contributed by atoms with Crippen molar-refractivity contribution in [1.29, 1.82) is 0 Å². The largest absolute Gasteiger partial charge is 0.484 e. The first-order valence-corrected chi connectivity index (χ1v) is 13.0. The normalized spacial score (nSPS) is 18.7. The predicted molar refractivity (Wildman–Crippen MR) is 141 cm³/mol. The number of carbonyl (C=O) groups excluding carboxylic acids is 1. The molecular weight excluding hydrogens is 454 g/mol. The Bertz CT molecular complexity index is 1240. The third-order valence-electron chi connectivity index (χ3n) is 7.77. The Hall–Kier alpha value is -3.16. The molecule has 5 rings (SSSR count). The summed E-state index contributed by atoms with van der Waals surface area (Å²) >= 11 is 0. The molecule has 36 heavy (non-hydrogen) atoms. The van der Waals surface area contributed by atoms with Crippen LogP contribution in [0.3, 0.4) is 0 Å². The number of carbonyl (C=O) groups is 1. The van der Waals surface area contributed by atoms with E-state index in [0.717, 1.165) is 44.6 Å². The maximum absolute atomic E-state index is 12.9. The molecule has 1 aliphatic heterocycles. The lowest BCUT2D eigenvalue weighted by atomic mass is 9.79. The van der Waals surface area contributed by atoms with E-state index in [1.54, 1.807) is 18.2 Å². The zero-order valence-electron chi connectivity index (χ0n) is 21.0. The zero-order chi connectivity index (χ0) is 25.0. The lowest BCUT2D eigenvalue weighted by Crippen LogP contribution is -2.61. The van der Waals surface area contributed by atoms with E-state index in [4.69, 9.17) is 9.15 Å². The smallest absolute Gasteiger partial charge is 0.258 e. The molecule has 2 aliphatic rings. The van der Waals surface area contributed by atoms with E-state index in [1.165, 1.54) is 25.5 Å². The molecule has 3 aromatic rings. The summed E-state index contributed by atoms with van der Waals surface area (Å²) in [5.41, 5.74) is 1.74. The van der Waals surface area contributed by atoms with Gasteiger partial charge in [-0.25, -0.2) is 0 Å². The first-order chi connectivity index (χ1) is 17.5. The molecule has 1 N–H and O–H groups in total. The molecule has 1 aliphatic carbocycles. The van der Waals surface area contributed by atoms with Crippen LogP contribution in [0.15, 0.2) is 64.0 Å². The average molecular weight is 490 g/mol. The number of nitrogens with zero attached hydrogens (tertiary/aromatic N) is 2. The Kier molecular flexibility index (Phi) is 7.39. The fourth-order valence-corrected chi connectivity index (χ4v) is 5.57. The number of piperazine rings is 1. The molecule has 0 spiro atoms. The quantitative estimate of drug-likeness (QED) is 0.543. The van der Waals surface area contributed by atoms with Crippen LogP contribution in [0.5, 0.6) is 5.75 Å². The second-order valence-corrected chi connectivity index (χ2v) is 10.1. The molecule has 7 heteroatoms. The van der Waals surface area contributed by atoms with Gasteiger partial charge in [0, 0.05) is 44.3 Å².